The van der Waals surface area contributed by atoms with Crippen LogP contribution < -0.4 is 5.32 Å². The molecule has 150 valence electrons. The highest BCUT2D eigenvalue weighted by Crippen LogP contribution is 2.18. The minimum absolute atomic E-state index is 0.141. The number of halogens is 1. The van der Waals surface area contributed by atoms with Crippen LogP contribution in [0.25, 0.3) is 0 Å². The normalized spacial score (nSPS) is 16.1. The number of anilines is 1. The summed E-state index contributed by atoms with van der Waals surface area (Å²) in [7, 11) is -3.12. The van der Waals surface area contributed by atoms with E-state index in [2.05, 4.69) is 26.1 Å². The molecule has 28 heavy (non-hydrogen) atoms. The molecule has 1 amide bonds. The van der Waals surface area contributed by atoms with E-state index < -0.39 is 10.0 Å². The quantitative estimate of drug-likeness (QED) is 0.710. The lowest BCUT2D eigenvalue weighted by atomic mass is 10.1. The van der Waals surface area contributed by atoms with Gasteiger partial charge in [-0.3, -0.25) is 9.69 Å². The number of benzene rings is 2. The maximum absolute atomic E-state index is 12.5. The largest absolute Gasteiger partial charge is 0.322 e. The Bertz CT molecular complexity index is 941. The van der Waals surface area contributed by atoms with Crippen LogP contribution in [0.1, 0.15) is 22.8 Å². The summed E-state index contributed by atoms with van der Waals surface area (Å²) in [5.74, 6) is -0.0129. The van der Waals surface area contributed by atoms with Crippen molar-refractivity contribution in [2.45, 2.75) is 13.5 Å². The van der Waals surface area contributed by atoms with E-state index >= 15 is 0 Å². The minimum atomic E-state index is -3.12. The van der Waals surface area contributed by atoms with Crippen LogP contribution in [-0.4, -0.2) is 55.5 Å². The van der Waals surface area contributed by atoms with Crippen molar-refractivity contribution in [3.8, 4) is 0 Å². The summed E-state index contributed by atoms with van der Waals surface area (Å²) in [5.41, 5.74) is 2.37. The van der Waals surface area contributed by atoms with Gasteiger partial charge in [0.1, 0.15) is 0 Å². The number of sulfonamides is 1. The molecule has 3 rings (SSSR count). The van der Waals surface area contributed by atoms with Gasteiger partial charge in [0, 0.05) is 48.4 Å². The highest BCUT2D eigenvalue weighted by molar-refractivity contribution is 9.10. The fraction of sp³-hybridized carbons (Fsp3) is 0.350. The third kappa shape index (κ3) is 5.41. The molecular weight excluding hydrogens is 442 g/mol. The second-order valence-corrected chi connectivity index (χ2v) is 9.91. The predicted molar refractivity (Wildman–Crippen MR) is 115 cm³/mol. The number of hydrogen-bond donors (Lipinski definition) is 1. The third-order valence-corrected chi connectivity index (χ3v) is 7.14. The van der Waals surface area contributed by atoms with Gasteiger partial charge in [0.05, 0.1) is 5.75 Å². The second kappa shape index (κ2) is 9.17. The standard InChI is InChI=1S/C20H24BrN3O3S/c1-2-28(26,27)24-11-9-23(10-12-24)15-16-5-3-6-17(13-16)20(25)22-19-8-4-7-18(21)14-19/h3-8,13-14H,2,9-12,15H2,1H3,(H,22,25). The van der Waals surface area contributed by atoms with Gasteiger partial charge in [-0.2, -0.15) is 4.31 Å². The first-order valence-electron chi connectivity index (χ1n) is 9.23. The average molecular weight is 466 g/mol. The zero-order valence-electron chi connectivity index (χ0n) is 15.8. The van der Waals surface area contributed by atoms with Gasteiger partial charge < -0.3 is 5.32 Å². The molecule has 6 nitrogen and oxygen atoms in total. The van der Waals surface area contributed by atoms with Crippen LogP contribution in [-0.2, 0) is 16.6 Å². The fourth-order valence-corrected chi connectivity index (χ4v) is 4.67. The van der Waals surface area contributed by atoms with Crippen molar-refractivity contribution in [3.63, 3.8) is 0 Å². The maximum Gasteiger partial charge on any atom is 0.255 e. The van der Waals surface area contributed by atoms with Crippen LogP contribution in [0, 0.1) is 0 Å². The number of carbonyl (C=O) groups excluding carboxylic acids is 1. The lowest BCUT2D eigenvalue weighted by Gasteiger charge is -2.33. The fourth-order valence-electron chi connectivity index (χ4n) is 3.19. The molecule has 0 atom stereocenters. The Morgan fingerprint density at radius 1 is 1.07 bits per heavy atom. The molecule has 0 radical (unpaired) electrons. The topological polar surface area (TPSA) is 69.7 Å². The van der Waals surface area contributed by atoms with Crippen molar-refractivity contribution in [2.75, 3.05) is 37.2 Å². The Morgan fingerprint density at radius 2 is 1.79 bits per heavy atom. The molecule has 2 aromatic rings. The number of amides is 1. The summed E-state index contributed by atoms with van der Waals surface area (Å²) in [5, 5.41) is 2.90. The van der Waals surface area contributed by atoms with Crippen molar-refractivity contribution in [3.05, 3.63) is 64.1 Å². The monoisotopic (exact) mass is 465 g/mol. The van der Waals surface area contributed by atoms with Gasteiger partial charge in [-0.05, 0) is 42.8 Å². The van der Waals surface area contributed by atoms with Crippen molar-refractivity contribution >= 4 is 37.5 Å². The predicted octanol–water partition coefficient (Wildman–Crippen LogP) is 3.17. The van der Waals surface area contributed by atoms with E-state index in [-0.39, 0.29) is 11.7 Å². The third-order valence-electron chi connectivity index (χ3n) is 4.77. The first-order chi connectivity index (χ1) is 13.4. The molecule has 1 saturated heterocycles. The van der Waals surface area contributed by atoms with Gasteiger partial charge >= 0.3 is 0 Å². The molecule has 8 heteroatoms. The van der Waals surface area contributed by atoms with E-state index in [4.69, 9.17) is 0 Å². The van der Waals surface area contributed by atoms with E-state index in [1.54, 1.807) is 17.3 Å². The first-order valence-corrected chi connectivity index (χ1v) is 11.6. The second-order valence-electron chi connectivity index (χ2n) is 6.74. The van der Waals surface area contributed by atoms with Crippen LogP contribution >= 0.6 is 15.9 Å². The van der Waals surface area contributed by atoms with Crippen LogP contribution in [0.5, 0.6) is 0 Å². The average Bonchev–Trinajstić information content (AvgIpc) is 2.68. The summed E-state index contributed by atoms with van der Waals surface area (Å²) in [6.45, 7) is 4.77. The van der Waals surface area contributed by atoms with E-state index in [1.165, 1.54) is 0 Å². The van der Waals surface area contributed by atoms with Crippen molar-refractivity contribution in [2.24, 2.45) is 0 Å². The van der Waals surface area contributed by atoms with E-state index in [1.807, 2.05) is 42.5 Å². The molecule has 1 aliphatic heterocycles. The van der Waals surface area contributed by atoms with E-state index in [9.17, 15) is 13.2 Å². The molecule has 1 fully saturated rings. The van der Waals surface area contributed by atoms with E-state index in [0.717, 1.165) is 15.7 Å². The van der Waals surface area contributed by atoms with Crippen LogP contribution in [0.4, 0.5) is 5.69 Å². The molecule has 0 bridgehead atoms. The van der Waals surface area contributed by atoms with Gasteiger partial charge in [-0.15, -0.1) is 0 Å². The molecule has 0 unspecified atom stereocenters. The Balaban J connectivity index is 1.60. The van der Waals surface area contributed by atoms with E-state index in [0.29, 0.717) is 38.3 Å². The SMILES string of the molecule is CCS(=O)(=O)N1CCN(Cc2cccc(C(=O)Nc3cccc(Br)c3)c2)CC1. The summed E-state index contributed by atoms with van der Waals surface area (Å²) >= 11 is 3.40. The Labute approximate surface area is 174 Å². The van der Waals surface area contributed by atoms with Crippen molar-refractivity contribution in [1.29, 1.82) is 0 Å². The number of rotatable bonds is 6. The molecule has 1 heterocycles. The van der Waals surface area contributed by atoms with Crippen molar-refractivity contribution in [1.82, 2.24) is 9.21 Å². The highest BCUT2D eigenvalue weighted by atomic mass is 79.9. The number of nitrogens with zero attached hydrogens (tertiary/aromatic N) is 2. The lowest BCUT2D eigenvalue weighted by molar-refractivity contribution is 0.102. The summed E-state index contributed by atoms with van der Waals surface area (Å²) in [4.78, 5) is 14.8. The highest BCUT2D eigenvalue weighted by Gasteiger charge is 2.25. The van der Waals surface area contributed by atoms with Gasteiger partial charge in [0.2, 0.25) is 10.0 Å². The summed E-state index contributed by atoms with van der Waals surface area (Å²) in [6.07, 6.45) is 0. The number of carbonyl (C=O) groups is 1. The molecule has 0 aromatic heterocycles. The van der Waals surface area contributed by atoms with Crippen LogP contribution in [0.2, 0.25) is 0 Å². The van der Waals surface area contributed by atoms with Crippen molar-refractivity contribution < 1.29 is 13.2 Å². The van der Waals surface area contributed by atoms with Gasteiger partial charge in [0.15, 0.2) is 0 Å². The first kappa shape index (κ1) is 21.0. The molecule has 1 N–H and O–H groups in total. The molecule has 1 aliphatic rings. The molecule has 0 saturated carbocycles. The number of hydrogen-bond acceptors (Lipinski definition) is 4. The molecule has 2 aromatic carbocycles. The zero-order valence-corrected chi connectivity index (χ0v) is 18.2. The number of nitrogens with one attached hydrogen (secondary N) is 1. The Kier molecular flexibility index (Phi) is 6.87. The molecule has 0 aliphatic carbocycles. The van der Waals surface area contributed by atoms with Gasteiger partial charge in [0.25, 0.3) is 5.91 Å². The Hall–Kier alpha value is -1.74. The Morgan fingerprint density at radius 3 is 2.46 bits per heavy atom. The van der Waals surface area contributed by atoms with Gasteiger partial charge in [-0.25, -0.2) is 8.42 Å². The lowest BCUT2D eigenvalue weighted by Crippen LogP contribution is -2.48. The van der Waals surface area contributed by atoms with Crippen LogP contribution in [0.15, 0.2) is 53.0 Å². The summed E-state index contributed by atoms with van der Waals surface area (Å²) < 4.78 is 26.4. The summed E-state index contributed by atoms with van der Waals surface area (Å²) in [6, 6.07) is 15.0. The van der Waals surface area contributed by atoms with Gasteiger partial charge in [-0.1, -0.05) is 34.1 Å². The molecule has 0 spiro atoms. The minimum Gasteiger partial charge on any atom is -0.322 e. The zero-order chi connectivity index (χ0) is 20.1. The maximum atomic E-state index is 12.5. The van der Waals surface area contributed by atoms with Crippen LogP contribution in [0.3, 0.4) is 0 Å². The number of piperazine rings is 1. The smallest absolute Gasteiger partial charge is 0.255 e. The molecular formula is C20H24BrN3O3S.